The van der Waals surface area contributed by atoms with Gasteiger partial charge in [0.1, 0.15) is 5.75 Å². The van der Waals surface area contributed by atoms with Crippen LogP contribution in [0, 0.1) is 0 Å². The molecule has 0 aromatic heterocycles. The highest BCUT2D eigenvalue weighted by Gasteiger charge is 2.16. The molecule has 0 aliphatic heterocycles. The molecule has 3 aromatic carbocycles. The number of anilines is 1. The minimum atomic E-state index is -3.49. The summed E-state index contributed by atoms with van der Waals surface area (Å²) >= 11 is 6.07. The summed E-state index contributed by atoms with van der Waals surface area (Å²) < 4.78 is 30.2. The van der Waals surface area contributed by atoms with Crippen molar-refractivity contribution in [1.29, 1.82) is 0 Å². The third kappa shape index (κ3) is 4.71. The first kappa shape index (κ1) is 19.9. The predicted molar refractivity (Wildman–Crippen MR) is 110 cm³/mol. The number of carbonyl (C=O) groups is 1. The SMILES string of the molecule is COc1ccc(NC(=O)c2cccc(CS(=O)(=O)c3ccccc3)c2)cc1Cl. The van der Waals surface area contributed by atoms with Crippen molar-refractivity contribution in [3.63, 3.8) is 0 Å². The van der Waals surface area contributed by atoms with Gasteiger partial charge in [-0.15, -0.1) is 0 Å². The zero-order valence-corrected chi connectivity index (χ0v) is 16.6. The largest absolute Gasteiger partial charge is 0.495 e. The highest BCUT2D eigenvalue weighted by atomic mass is 35.5. The van der Waals surface area contributed by atoms with E-state index in [4.69, 9.17) is 16.3 Å². The Kier molecular flexibility index (Phi) is 6.02. The Labute approximate surface area is 168 Å². The number of carbonyl (C=O) groups excluding carboxylic acids is 1. The molecule has 0 spiro atoms. The van der Waals surface area contributed by atoms with Gasteiger partial charge in [-0.05, 0) is 48.0 Å². The average Bonchev–Trinajstić information content (AvgIpc) is 2.69. The lowest BCUT2D eigenvalue weighted by Gasteiger charge is -2.09. The van der Waals surface area contributed by atoms with E-state index >= 15 is 0 Å². The van der Waals surface area contributed by atoms with E-state index in [-0.39, 0.29) is 16.6 Å². The van der Waals surface area contributed by atoms with E-state index in [0.717, 1.165) is 0 Å². The molecule has 5 nitrogen and oxygen atoms in total. The van der Waals surface area contributed by atoms with Crippen molar-refractivity contribution in [3.05, 3.63) is 88.9 Å². The third-order valence-corrected chi connectivity index (χ3v) is 6.06. The van der Waals surface area contributed by atoms with Crippen molar-refractivity contribution in [2.24, 2.45) is 0 Å². The topological polar surface area (TPSA) is 72.5 Å². The first-order chi connectivity index (χ1) is 13.4. The van der Waals surface area contributed by atoms with Crippen LogP contribution in [0.3, 0.4) is 0 Å². The number of amides is 1. The first-order valence-electron chi connectivity index (χ1n) is 8.41. The average molecular weight is 416 g/mol. The fourth-order valence-electron chi connectivity index (χ4n) is 2.68. The van der Waals surface area contributed by atoms with Crippen molar-refractivity contribution in [1.82, 2.24) is 0 Å². The second-order valence-electron chi connectivity index (χ2n) is 6.08. The fourth-order valence-corrected chi connectivity index (χ4v) is 4.29. The molecule has 0 aliphatic carbocycles. The van der Waals surface area contributed by atoms with E-state index in [9.17, 15) is 13.2 Å². The number of hydrogen-bond acceptors (Lipinski definition) is 4. The maximum absolute atomic E-state index is 12.5. The number of hydrogen-bond donors (Lipinski definition) is 1. The van der Waals surface area contributed by atoms with Crippen molar-refractivity contribution >= 4 is 33.0 Å². The molecule has 28 heavy (non-hydrogen) atoms. The summed E-state index contributed by atoms with van der Waals surface area (Å²) in [5.74, 6) is -0.0417. The summed E-state index contributed by atoms with van der Waals surface area (Å²) in [5, 5.41) is 3.12. The molecule has 0 radical (unpaired) electrons. The fraction of sp³-hybridized carbons (Fsp3) is 0.0952. The molecule has 144 valence electrons. The van der Waals surface area contributed by atoms with Crippen LogP contribution in [0.25, 0.3) is 0 Å². The van der Waals surface area contributed by atoms with Gasteiger partial charge >= 0.3 is 0 Å². The van der Waals surface area contributed by atoms with Crippen LogP contribution in [0.4, 0.5) is 5.69 Å². The summed E-state index contributed by atoms with van der Waals surface area (Å²) in [6.07, 6.45) is 0. The monoisotopic (exact) mass is 415 g/mol. The molecule has 7 heteroatoms. The number of sulfone groups is 1. The summed E-state index contributed by atoms with van der Waals surface area (Å²) in [5.41, 5.74) is 1.40. The smallest absolute Gasteiger partial charge is 0.255 e. The normalized spacial score (nSPS) is 11.1. The van der Waals surface area contributed by atoms with Crippen LogP contribution in [0.1, 0.15) is 15.9 Å². The second kappa shape index (κ2) is 8.46. The summed E-state index contributed by atoms with van der Waals surface area (Å²) in [7, 11) is -1.98. The number of benzene rings is 3. The van der Waals surface area contributed by atoms with Gasteiger partial charge in [-0.3, -0.25) is 4.79 Å². The Hall–Kier alpha value is -2.83. The standard InChI is InChI=1S/C21H18ClNO4S/c1-27-20-11-10-17(13-19(20)22)23-21(24)16-7-5-6-15(12-16)14-28(25,26)18-8-3-2-4-9-18/h2-13H,14H2,1H3,(H,23,24). The Morgan fingerprint density at radius 1 is 1.00 bits per heavy atom. The number of ether oxygens (including phenoxy) is 1. The van der Waals surface area contributed by atoms with Crippen molar-refractivity contribution in [3.8, 4) is 5.75 Å². The van der Waals surface area contributed by atoms with Gasteiger partial charge in [-0.25, -0.2) is 8.42 Å². The molecule has 1 N–H and O–H groups in total. The molecule has 0 aliphatic rings. The number of methoxy groups -OCH3 is 1. The molecule has 1 amide bonds. The summed E-state index contributed by atoms with van der Waals surface area (Å²) in [6.45, 7) is 0. The van der Waals surface area contributed by atoms with Crippen molar-refractivity contribution in [2.75, 3.05) is 12.4 Å². The van der Waals surface area contributed by atoms with Gasteiger partial charge in [0.2, 0.25) is 0 Å². The highest BCUT2D eigenvalue weighted by Crippen LogP contribution is 2.27. The Morgan fingerprint density at radius 2 is 1.75 bits per heavy atom. The molecule has 0 unspecified atom stereocenters. The Balaban J connectivity index is 1.77. The predicted octanol–water partition coefficient (Wildman–Crippen LogP) is 4.57. The molecular weight excluding hydrogens is 398 g/mol. The number of rotatable bonds is 6. The quantitative estimate of drug-likeness (QED) is 0.639. The minimum absolute atomic E-state index is 0.188. The van der Waals surface area contributed by atoms with E-state index in [2.05, 4.69) is 5.32 Å². The van der Waals surface area contributed by atoms with E-state index in [1.165, 1.54) is 7.11 Å². The van der Waals surface area contributed by atoms with Crippen LogP contribution in [0.2, 0.25) is 5.02 Å². The molecule has 3 rings (SSSR count). The molecule has 0 saturated heterocycles. The van der Waals surface area contributed by atoms with Crippen LogP contribution >= 0.6 is 11.6 Å². The summed E-state index contributed by atoms with van der Waals surface area (Å²) in [4.78, 5) is 12.8. The lowest BCUT2D eigenvalue weighted by molar-refractivity contribution is 0.102. The van der Waals surface area contributed by atoms with Crippen LogP contribution in [-0.2, 0) is 15.6 Å². The zero-order chi connectivity index (χ0) is 20.1. The third-order valence-electron chi connectivity index (χ3n) is 4.06. The van der Waals surface area contributed by atoms with Gasteiger partial charge in [0.25, 0.3) is 5.91 Å². The van der Waals surface area contributed by atoms with Gasteiger partial charge in [-0.1, -0.05) is 41.9 Å². The van der Waals surface area contributed by atoms with Gasteiger partial charge in [0.15, 0.2) is 9.84 Å². The van der Waals surface area contributed by atoms with E-state index in [0.29, 0.717) is 27.6 Å². The van der Waals surface area contributed by atoms with Crippen molar-refractivity contribution in [2.45, 2.75) is 10.6 Å². The molecule has 3 aromatic rings. The molecular formula is C21H18ClNO4S. The molecule has 0 bridgehead atoms. The number of nitrogens with one attached hydrogen (secondary N) is 1. The maximum atomic E-state index is 12.5. The lowest BCUT2D eigenvalue weighted by Crippen LogP contribution is -2.13. The Bertz CT molecular complexity index is 1100. The van der Waals surface area contributed by atoms with Gasteiger partial charge in [0.05, 0.1) is 22.8 Å². The minimum Gasteiger partial charge on any atom is -0.495 e. The van der Waals surface area contributed by atoms with Gasteiger partial charge < -0.3 is 10.1 Å². The second-order valence-corrected chi connectivity index (χ2v) is 8.47. The van der Waals surface area contributed by atoms with E-state index in [1.54, 1.807) is 72.8 Å². The molecule has 0 atom stereocenters. The maximum Gasteiger partial charge on any atom is 0.255 e. The number of halogens is 1. The van der Waals surface area contributed by atoms with Crippen LogP contribution < -0.4 is 10.1 Å². The first-order valence-corrected chi connectivity index (χ1v) is 10.4. The van der Waals surface area contributed by atoms with E-state index < -0.39 is 9.84 Å². The molecule has 0 fully saturated rings. The van der Waals surface area contributed by atoms with Crippen molar-refractivity contribution < 1.29 is 17.9 Å². The van der Waals surface area contributed by atoms with Crippen LogP contribution in [0.5, 0.6) is 5.75 Å². The van der Waals surface area contributed by atoms with Crippen LogP contribution in [0.15, 0.2) is 77.7 Å². The zero-order valence-electron chi connectivity index (χ0n) is 15.1. The molecule has 0 heterocycles. The molecule has 0 saturated carbocycles. The summed E-state index contributed by atoms with van der Waals surface area (Å²) in [6, 6.07) is 19.7. The van der Waals surface area contributed by atoms with Gasteiger partial charge in [-0.2, -0.15) is 0 Å². The van der Waals surface area contributed by atoms with E-state index in [1.807, 2.05) is 0 Å². The van der Waals surface area contributed by atoms with Gasteiger partial charge in [0, 0.05) is 11.3 Å². The lowest BCUT2D eigenvalue weighted by atomic mass is 10.1. The Morgan fingerprint density at radius 3 is 2.43 bits per heavy atom. The highest BCUT2D eigenvalue weighted by molar-refractivity contribution is 7.90. The van der Waals surface area contributed by atoms with Crippen LogP contribution in [-0.4, -0.2) is 21.4 Å².